The predicted octanol–water partition coefficient (Wildman–Crippen LogP) is 0.693. The average molecular weight is 234 g/mol. The van der Waals surface area contributed by atoms with Crippen molar-refractivity contribution < 1.29 is 13.9 Å². The number of aromatic nitrogens is 3. The van der Waals surface area contributed by atoms with Gasteiger partial charge in [0.2, 0.25) is 0 Å². The Balaban J connectivity index is 2.83. The first-order valence-corrected chi connectivity index (χ1v) is 5.11. The van der Waals surface area contributed by atoms with Gasteiger partial charge in [0.15, 0.2) is 0 Å². The van der Waals surface area contributed by atoms with E-state index in [0.29, 0.717) is 13.0 Å². The number of hydrogen-bond acceptors (Lipinski definition) is 4. The van der Waals surface area contributed by atoms with Crippen LogP contribution in [0.3, 0.4) is 0 Å². The average Bonchev–Trinajstić information content (AvgIpc) is 2.61. The van der Waals surface area contributed by atoms with Gasteiger partial charge in [-0.05, 0) is 12.3 Å². The molecule has 5 nitrogen and oxygen atoms in total. The molecule has 0 bridgehead atoms. The second-order valence-corrected chi connectivity index (χ2v) is 3.73. The summed E-state index contributed by atoms with van der Waals surface area (Å²) in [7, 11) is 0. The van der Waals surface area contributed by atoms with Crippen LogP contribution < -0.4 is 5.73 Å². The summed E-state index contributed by atoms with van der Waals surface area (Å²) in [6.07, 6.45) is -2.09. The molecule has 0 aliphatic heterocycles. The lowest BCUT2D eigenvalue weighted by molar-refractivity contribution is 0.135. The van der Waals surface area contributed by atoms with Gasteiger partial charge in [-0.25, -0.2) is 13.5 Å². The quantitative estimate of drug-likeness (QED) is 0.759. The standard InChI is InChI=1S/C9H16F2N4O/c1-6(2-3-16)5-15-8(9(10)11)7(4-12)13-14-15/h6,9,16H,2-5,12H2,1H3. The molecule has 1 aromatic rings. The smallest absolute Gasteiger partial charge is 0.281 e. The Morgan fingerprint density at radius 1 is 1.50 bits per heavy atom. The molecule has 0 amide bonds. The number of hydrogen-bond donors (Lipinski definition) is 2. The van der Waals surface area contributed by atoms with Gasteiger partial charge in [0.05, 0.1) is 0 Å². The number of aliphatic hydroxyl groups excluding tert-OH is 1. The fourth-order valence-corrected chi connectivity index (χ4v) is 1.48. The van der Waals surface area contributed by atoms with Crippen LogP contribution in [-0.2, 0) is 13.1 Å². The molecule has 0 spiro atoms. The van der Waals surface area contributed by atoms with E-state index in [-0.39, 0.29) is 30.5 Å². The van der Waals surface area contributed by atoms with Crippen LogP contribution in [-0.4, -0.2) is 26.7 Å². The van der Waals surface area contributed by atoms with Crippen molar-refractivity contribution in [1.29, 1.82) is 0 Å². The van der Waals surface area contributed by atoms with Crippen LogP contribution in [0, 0.1) is 5.92 Å². The lowest BCUT2D eigenvalue weighted by atomic mass is 10.1. The van der Waals surface area contributed by atoms with Crippen LogP contribution in [0.25, 0.3) is 0 Å². The van der Waals surface area contributed by atoms with E-state index in [1.807, 2.05) is 6.92 Å². The minimum atomic E-state index is -2.63. The Morgan fingerprint density at radius 2 is 2.19 bits per heavy atom. The lowest BCUT2D eigenvalue weighted by Crippen LogP contribution is -2.14. The van der Waals surface area contributed by atoms with E-state index in [9.17, 15) is 8.78 Å². The zero-order valence-corrected chi connectivity index (χ0v) is 9.11. The van der Waals surface area contributed by atoms with E-state index in [0.717, 1.165) is 0 Å². The number of nitrogens with zero attached hydrogens (tertiary/aromatic N) is 3. The Kier molecular flexibility index (Phi) is 4.75. The van der Waals surface area contributed by atoms with Crippen LogP contribution in [0.1, 0.15) is 31.2 Å². The SMILES string of the molecule is CC(CCO)Cn1nnc(CN)c1C(F)F. The molecule has 0 aliphatic carbocycles. The number of aliphatic hydroxyl groups is 1. The van der Waals surface area contributed by atoms with Crippen molar-refractivity contribution in [3.8, 4) is 0 Å². The van der Waals surface area contributed by atoms with E-state index >= 15 is 0 Å². The van der Waals surface area contributed by atoms with Crippen molar-refractivity contribution >= 4 is 0 Å². The maximum Gasteiger partial charge on any atom is 0.281 e. The van der Waals surface area contributed by atoms with E-state index in [1.54, 1.807) is 0 Å². The molecule has 1 unspecified atom stereocenters. The topological polar surface area (TPSA) is 77.0 Å². The normalized spacial score (nSPS) is 13.4. The first kappa shape index (κ1) is 13.0. The highest BCUT2D eigenvalue weighted by atomic mass is 19.3. The van der Waals surface area contributed by atoms with E-state index in [4.69, 9.17) is 10.8 Å². The third-order valence-electron chi connectivity index (χ3n) is 2.35. The van der Waals surface area contributed by atoms with Gasteiger partial charge in [0, 0.05) is 19.7 Å². The molecule has 7 heteroatoms. The first-order chi connectivity index (χ1) is 7.60. The molecular formula is C9H16F2N4O. The molecule has 3 N–H and O–H groups in total. The predicted molar refractivity (Wildman–Crippen MR) is 53.7 cm³/mol. The molecule has 1 aromatic heterocycles. The zero-order chi connectivity index (χ0) is 12.1. The van der Waals surface area contributed by atoms with Crippen LogP contribution in [0.4, 0.5) is 8.78 Å². The van der Waals surface area contributed by atoms with Gasteiger partial charge in [-0.15, -0.1) is 5.10 Å². The number of rotatable bonds is 6. The molecule has 1 rings (SSSR count). The van der Waals surface area contributed by atoms with Crippen LogP contribution in [0.15, 0.2) is 0 Å². The first-order valence-electron chi connectivity index (χ1n) is 5.11. The molecule has 0 aromatic carbocycles. The van der Waals surface area contributed by atoms with Crippen molar-refractivity contribution in [2.45, 2.75) is 32.9 Å². The molecule has 1 atom stereocenters. The molecule has 0 saturated carbocycles. The summed E-state index contributed by atoms with van der Waals surface area (Å²) in [6, 6.07) is 0. The summed E-state index contributed by atoms with van der Waals surface area (Å²) in [5.74, 6) is 0.0647. The molecule has 0 aliphatic rings. The summed E-state index contributed by atoms with van der Waals surface area (Å²) < 4.78 is 26.7. The van der Waals surface area contributed by atoms with E-state index in [1.165, 1.54) is 4.68 Å². The van der Waals surface area contributed by atoms with Crippen molar-refractivity contribution in [1.82, 2.24) is 15.0 Å². The monoisotopic (exact) mass is 234 g/mol. The summed E-state index contributed by atoms with van der Waals surface area (Å²) in [6.45, 7) is 2.15. The molecule has 92 valence electrons. The second kappa shape index (κ2) is 5.86. The largest absolute Gasteiger partial charge is 0.396 e. The number of alkyl halides is 2. The molecular weight excluding hydrogens is 218 g/mol. The van der Waals surface area contributed by atoms with Gasteiger partial charge in [-0.3, -0.25) is 0 Å². The highest BCUT2D eigenvalue weighted by molar-refractivity contribution is 5.11. The van der Waals surface area contributed by atoms with Crippen molar-refractivity contribution in [2.75, 3.05) is 6.61 Å². The third kappa shape index (κ3) is 2.96. The Hall–Kier alpha value is -1.08. The van der Waals surface area contributed by atoms with E-state index < -0.39 is 6.43 Å². The zero-order valence-electron chi connectivity index (χ0n) is 9.11. The maximum absolute atomic E-state index is 12.7. The highest BCUT2D eigenvalue weighted by Crippen LogP contribution is 2.22. The molecule has 0 saturated heterocycles. The molecule has 0 fully saturated rings. The summed E-state index contributed by atoms with van der Waals surface area (Å²) in [4.78, 5) is 0. The Morgan fingerprint density at radius 3 is 2.69 bits per heavy atom. The van der Waals surface area contributed by atoms with Gasteiger partial charge in [-0.1, -0.05) is 12.1 Å². The van der Waals surface area contributed by atoms with Crippen LogP contribution in [0.5, 0.6) is 0 Å². The summed E-state index contributed by atoms with van der Waals surface area (Å²) in [5, 5.41) is 16.0. The second-order valence-electron chi connectivity index (χ2n) is 3.73. The van der Waals surface area contributed by atoms with Crippen molar-refractivity contribution in [3.63, 3.8) is 0 Å². The molecule has 16 heavy (non-hydrogen) atoms. The summed E-state index contributed by atoms with van der Waals surface area (Å²) in [5.41, 5.74) is 5.22. The fourth-order valence-electron chi connectivity index (χ4n) is 1.48. The minimum Gasteiger partial charge on any atom is -0.396 e. The van der Waals surface area contributed by atoms with Crippen molar-refractivity contribution in [3.05, 3.63) is 11.4 Å². The Bertz CT molecular complexity index is 329. The minimum absolute atomic E-state index is 0.0314. The number of halogens is 2. The van der Waals surface area contributed by atoms with Gasteiger partial charge in [0.1, 0.15) is 11.4 Å². The van der Waals surface area contributed by atoms with Gasteiger partial charge < -0.3 is 10.8 Å². The summed E-state index contributed by atoms with van der Waals surface area (Å²) >= 11 is 0. The highest BCUT2D eigenvalue weighted by Gasteiger charge is 2.21. The molecule has 0 radical (unpaired) electrons. The van der Waals surface area contributed by atoms with Crippen LogP contribution >= 0.6 is 0 Å². The van der Waals surface area contributed by atoms with E-state index in [2.05, 4.69) is 10.3 Å². The van der Waals surface area contributed by atoms with Gasteiger partial charge in [0.25, 0.3) is 6.43 Å². The molecule has 1 heterocycles. The maximum atomic E-state index is 12.7. The van der Waals surface area contributed by atoms with Crippen LogP contribution in [0.2, 0.25) is 0 Å². The lowest BCUT2D eigenvalue weighted by Gasteiger charge is -2.11. The Labute approximate surface area is 92.2 Å². The third-order valence-corrected chi connectivity index (χ3v) is 2.35. The van der Waals surface area contributed by atoms with Crippen molar-refractivity contribution in [2.24, 2.45) is 11.7 Å². The van der Waals surface area contributed by atoms with Gasteiger partial charge >= 0.3 is 0 Å². The number of nitrogens with two attached hydrogens (primary N) is 1. The fraction of sp³-hybridized carbons (Fsp3) is 0.778. The van der Waals surface area contributed by atoms with Gasteiger partial charge in [-0.2, -0.15) is 0 Å².